The number of hydrogen-bond donors (Lipinski definition) is 0. The summed E-state index contributed by atoms with van der Waals surface area (Å²) in [5, 5.41) is -0.690. The van der Waals surface area contributed by atoms with E-state index in [1.165, 1.54) is 17.2 Å². The fourth-order valence-corrected chi connectivity index (χ4v) is 6.50. The maximum absolute atomic E-state index is 16.0. The van der Waals surface area contributed by atoms with E-state index in [1.807, 2.05) is 0 Å². The summed E-state index contributed by atoms with van der Waals surface area (Å²) < 4.78 is 99.3. The monoisotopic (exact) mass is 676 g/mol. The highest BCUT2D eigenvalue weighted by Crippen LogP contribution is 2.40. The molecular weight excluding hydrogens is 647 g/mol. The van der Waals surface area contributed by atoms with E-state index < -0.39 is 72.8 Å². The van der Waals surface area contributed by atoms with Crippen molar-refractivity contribution in [2.45, 2.75) is 43.9 Å². The number of fused-ring (bicyclic) bond motifs is 1. The fraction of sp³-hybridized carbons (Fsp3) is 0.323. The number of benzene rings is 1. The Hall–Kier alpha value is -4.73. The van der Waals surface area contributed by atoms with Crippen LogP contribution in [0.5, 0.6) is 0 Å². The van der Waals surface area contributed by atoms with Gasteiger partial charge in [-0.1, -0.05) is 20.4 Å². The van der Waals surface area contributed by atoms with E-state index in [9.17, 15) is 35.6 Å². The van der Waals surface area contributed by atoms with E-state index in [0.717, 1.165) is 23.0 Å². The number of anilines is 1. The maximum Gasteiger partial charge on any atom is 0.417 e. The Morgan fingerprint density at radius 3 is 2.40 bits per heavy atom. The Bertz CT molecular complexity index is 2100. The molecule has 4 heterocycles. The third-order valence-electron chi connectivity index (χ3n) is 7.85. The number of aromatic nitrogens is 4. The van der Waals surface area contributed by atoms with Gasteiger partial charge < -0.3 is 9.80 Å². The van der Waals surface area contributed by atoms with Gasteiger partial charge in [-0.2, -0.15) is 18.2 Å². The van der Waals surface area contributed by atoms with Crippen molar-refractivity contribution in [1.29, 1.82) is 0 Å². The molecule has 5 rings (SSSR count). The molecular formula is C31H29F5N6O4S. The molecule has 0 spiro atoms. The summed E-state index contributed by atoms with van der Waals surface area (Å²) in [6.07, 6.45) is -1.79. The first-order chi connectivity index (χ1) is 21.9. The summed E-state index contributed by atoms with van der Waals surface area (Å²) in [4.78, 5) is 41.9. The van der Waals surface area contributed by atoms with E-state index in [4.69, 9.17) is 0 Å². The first-order valence-electron chi connectivity index (χ1n) is 14.3. The van der Waals surface area contributed by atoms with Crippen LogP contribution < -0.4 is 10.6 Å². The molecule has 1 aromatic carbocycles. The van der Waals surface area contributed by atoms with Crippen LogP contribution in [0.1, 0.15) is 37.8 Å². The van der Waals surface area contributed by atoms with Crippen LogP contribution in [0.4, 0.5) is 27.8 Å². The minimum absolute atomic E-state index is 0.0939. The summed E-state index contributed by atoms with van der Waals surface area (Å²) in [7, 11) is -4.14. The van der Waals surface area contributed by atoms with Gasteiger partial charge in [0.2, 0.25) is 5.91 Å². The van der Waals surface area contributed by atoms with Gasteiger partial charge in [0.15, 0.2) is 20.5 Å². The van der Waals surface area contributed by atoms with Gasteiger partial charge in [-0.25, -0.2) is 36.5 Å². The lowest BCUT2D eigenvalue weighted by Crippen LogP contribution is -2.54. The van der Waals surface area contributed by atoms with Crippen LogP contribution in [0.3, 0.4) is 0 Å². The van der Waals surface area contributed by atoms with Crippen LogP contribution in [0.2, 0.25) is 0 Å². The lowest BCUT2D eigenvalue weighted by atomic mass is 10.0. The Morgan fingerprint density at radius 2 is 1.81 bits per heavy atom. The van der Waals surface area contributed by atoms with Gasteiger partial charge in [0.05, 0.1) is 16.6 Å². The zero-order valence-electron chi connectivity index (χ0n) is 25.6. The second-order valence-electron chi connectivity index (χ2n) is 11.4. The van der Waals surface area contributed by atoms with Crippen molar-refractivity contribution in [2.24, 2.45) is 0 Å². The number of hydrogen-bond acceptors (Lipinski definition) is 8. The van der Waals surface area contributed by atoms with Crippen molar-refractivity contribution in [1.82, 2.24) is 24.4 Å². The standard InChI is InChI=1S/C31H29F5N6O4S/c1-6-24(43)40-11-12-41(17(4)15-40)27-21-14-23(33)25(20-13-18(32)7-8-22(20)31(34,35)36)38-28(21)42(30(44)39-27)26-19(16(2)3)9-10-37-29(26)47(5,45)46/h6-10,13-14,16-17H,1,11-12,15H2,2-5H3/t17-/m0/s1. The average Bonchev–Trinajstić information content (AvgIpc) is 2.98. The van der Waals surface area contributed by atoms with Crippen LogP contribution in [-0.4, -0.2) is 70.7 Å². The molecule has 1 atom stereocenters. The van der Waals surface area contributed by atoms with Crippen LogP contribution in [0, 0.1) is 11.6 Å². The molecule has 1 amide bonds. The predicted octanol–water partition coefficient (Wildman–Crippen LogP) is 4.89. The topological polar surface area (TPSA) is 118 Å². The number of nitrogens with zero attached hydrogens (tertiary/aromatic N) is 6. The maximum atomic E-state index is 16.0. The number of carbonyl (C=O) groups is 1. The van der Waals surface area contributed by atoms with Gasteiger partial charge in [0.25, 0.3) is 0 Å². The second kappa shape index (κ2) is 12.1. The normalized spacial score (nSPS) is 15.8. The molecule has 1 fully saturated rings. The van der Waals surface area contributed by atoms with Gasteiger partial charge in [-0.3, -0.25) is 4.79 Å². The second-order valence-corrected chi connectivity index (χ2v) is 13.4. The van der Waals surface area contributed by atoms with Crippen molar-refractivity contribution >= 4 is 32.6 Å². The molecule has 1 aliphatic rings. The summed E-state index contributed by atoms with van der Waals surface area (Å²) in [6.45, 7) is 9.11. The molecule has 3 aromatic heterocycles. The van der Waals surface area contributed by atoms with Gasteiger partial charge in [0.1, 0.15) is 23.1 Å². The van der Waals surface area contributed by atoms with E-state index in [1.54, 1.807) is 25.7 Å². The van der Waals surface area contributed by atoms with Gasteiger partial charge >= 0.3 is 11.9 Å². The van der Waals surface area contributed by atoms with Crippen LogP contribution in [-0.2, 0) is 20.8 Å². The number of pyridine rings is 2. The number of rotatable bonds is 6. The molecule has 248 valence electrons. The smallest absolute Gasteiger partial charge is 0.350 e. The van der Waals surface area contributed by atoms with Gasteiger partial charge in [0, 0.05) is 43.7 Å². The van der Waals surface area contributed by atoms with E-state index >= 15 is 4.39 Å². The highest BCUT2D eigenvalue weighted by Gasteiger charge is 2.36. The van der Waals surface area contributed by atoms with Crippen molar-refractivity contribution < 1.29 is 35.2 Å². The summed E-state index contributed by atoms with van der Waals surface area (Å²) in [5.74, 6) is -3.22. The van der Waals surface area contributed by atoms with E-state index in [0.29, 0.717) is 23.8 Å². The third kappa shape index (κ3) is 6.21. The number of amides is 1. The predicted molar refractivity (Wildman–Crippen MR) is 164 cm³/mol. The Morgan fingerprint density at radius 1 is 1.11 bits per heavy atom. The molecule has 0 saturated carbocycles. The molecule has 0 N–H and O–H groups in total. The van der Waals surface area contributed by atoms with Crippen molar-refractivity contribution in [2.75, 3.05) is 30.8 Å². The van der Waals surface area contributed by atoms with Crippen LogP contribution in [0.15, 0.2) is 59.0 Å². The SMILES string of the molecule is C=CC(=O)N1CCN(c2nc(=O)n(-c3c(C(C)C)ccnc3S(C)(=O)=O)c3nc(-c4cc(F)ccc4C(F)(F)F)c(F)cc23)[C@@H](C)C1. The number of alkyl halides is 3. The molecule has 0 aliphatic carbocycles. The Kier molecular flexibility index (Phi) is 8.68. The Balaban J connectivity index is 1.92. The van der Waals surface area contributed by atoms with E-state index in [2.05, 4.69) is 21.5 Å². The first-order valence-corrected chi connectivity index (χ1v) is 16.2. The molecule has 1 saturated heterocycles. The molecule has 0 radical (unpaired) electrons. The molecule has 0 bridgehead atoms. The lowest BCUT2D eigenvalue weighted by molar-refractivity contribution is -0.137. The summed E-state index contributed by atoms with van der Waals surface area (Å²) >= 11 is 0. The number of sulfone groups is 1. The first kappa shape index (κ1) is 33.6. The van der Waals surface area contributed by atoms with Crippen molar-refractivity contribution in [3.05, 3.63) is 82.4 Å². The van der Waals surface area contributed by atoms with E-state index in [-0.39, 0.29) is 42.4 Å². The largest absolute Gasteiger partial charge is 0.417 e. The molecule has 47 heavy (non-hydrogen) atoms. The van der Waals surface area contributed by atoms with Gasteiger partial charge in [-0.05, 0) is 54.8 Å². The summed E-state index contributed by atoms with van der Waals surface area (Å²) in [6, 6.07) is 3.32. The van der Waals surface area contributed by atoms with Gasteiger partial charge in [-0.15, -0.1) is 0 Å². The number of carbonyl (C=O) groups excluding carboxylic acids is 1. The van der Waals surface area contributed by atoms with Crippen LogP contribution in [0.25, 0.3) is 28.0 Å². The summed E-state index contributed by atoms with van der Waals surface area (Å²) in [5.41, 5.74) is -4.72. The molecule has 10 nitrogen and oxygen atoms in total. The molecule has 0 unspecified atom stereocenters. The minimum atomic E-state index is -5.04. The third-order valence-corrected chi connectivity index (χ3v) is 8.85. The van der Waals surface area contributed by atoms with Crippen molar-refractivity contribution in [3.63, 3.8) is 0 Å². The highest BCUT2D eigenvalue weighted by atomic mass is 32.2. The quantitative estimate of drug-likeness (QED) is 0.209. The molecule has 1 aliphatic heterocycles. The molecule has 4 aromatic rings. The zero-order valence-corrected chi connectivity index (χ0v) is 26.5. The zero-order chi connectivity index (χ0) is 34.6. The number of piperazine rings is 1. The minimum Gasteiger partial charge on any atom is -0.350 e. The van der Waals surface area contributed by atoms with Crippen molar-refractivity contribution in [3.8, 4) is 16.9 Å². The average molecular weight is 677 g/mol. The lowest BCUT2D eigenvalue weighted by Gasteiger charge is -2.40. The molecule has 16 heteroatoms. The number of halogens is 5. The highest BCUT2D eigenvalue weighted by molar-refractivity contribution is 7.90. The fourth-order valence-electron chi connectivity index (χ4n) is 5.69. The van der Waals surface area contributed by atoms with Crippen LogP contribution >= 0.6 is 0 Å². The Labute approximate surface area is 266 Å².